The van der Waals surface area contributed by atoms with Gasteiger partial charge in [0.1, 0.15) is 10.5 Å². The fraction of sp³-hybridized carbons (Fsp3) is 0.500. The molecule has 0 spiro atoms. The molecule has 2 amide bonds. The molecule has 0 fully saturated rings. The van der Waals surface area contributed by atoms with E-state index in [9.17, 15) is 9.59 Å². The summed E-state index contributed by atoms with van der Waals surface area (Å²) < 4.78 is 5.16. The van der Waals surface area contributed by atoms with Crippen molar-refractivity contribution in [2.24, 2.45) is 0 Å². The molecule has 0 saturated carbocycles. The van der Waals surface area contributed by atoms with E-state index in [0.717, 1.165) is 0 Å². The molecule has 1 aliphatic rings. The van der Waals surface area contributed by atoms with Crippen LogP contribution in [0.2, 0.25) is 0 Å². The zero-order valence-electron chi connectivity index (χ0n) is 12.6. The number of ether oxygens (including phenoxy) is 1. The smallest absolute Gasteiger partial charge is 0.413 e. The molecule has 0 atom stereocenters. The van der Waals surface area contributed by atoms with Crippen molar-refractivity contribution >= 4 is 28.5 Å². The monoisotopic (exact) mass is 309 g/mol. The molecule has 2 rings (SSSR count). The van der Waals surface area contributed by atoms with Crippen molar-refractivity contribution in [2.75, 3.05) is 18.4 Å². The molecule has 1 aromatic rings. The molecule has 2 heterocycles. The number of rotatable bonds is 2. The molecule has 1 aromatic heterocycles. The summed E-state index contributed by atoms with van der Waals surface area (Å²) in [7, 11) is 0. The standard InChI is InChI=1S/C14H19N3O3S/c1-9-10(11(18)17-7-5-6-8-17)21-12(15-9)16-13(19)20-14(2,3)4/h5-6H,7-8H2,1-4H3,(H,15,16,19). The highest BCUT2D eigenvalue weighted by Gasteiger charge is 2.23. The minimum Gasteiger partial charge on any atom is -0.444 e. The van der Waals surface area contributed by atoms with E-state index in [1.54, 1.807) is 32.6 Å². The molecule has 7 heteroatoms. The van der Waals surface area contributed by atoms with Crippen molar-refractivity contribution in [1.82, 2.24) is 9.88 Å². The molecule has 0 unspecified atom stereocenters. The minimum absolute atomic E-state index is 0.0627. The van der Waals surface area contributed by atoms with Gasteiger partial charge < -0.3 is 9.64 Å². The Morgan fingerprint density at radius 2 is 1.95 bits per heavy atom. The van der Waals surface area contributed by atoms with Crippen molar-refractivity contribution in [3.8, 4) is 0 Å². The molecule has 0 aromatic carbocycles. The van der Waals surface area contributed by atoms with Gasteiger partial charge in [0.15, 0.2) is 5.13 Å². The molecule has 1 aliphatic heterocycles. The molecular formula is C14H19N3O3S. The van der Waals surface area contributed by atoms with Crippen LogP contribution < -0.4 is 5.32 Å². The van der Waals surface area contributed by atoms with E-state index in [4.69, 9.17) is 4.74 Å². The highest BCUT2D eigenvalue weighted by Crippen LogP contribution is 2.25. The van der Waals surface area contributed by atoms with E-state index in [1.807, 2.05) is 12.2 Å². The highest BCUT2D eigenvalue weighted by atomic mass is 32.1. The lowest BCUT2D eigenvalue weighted by molar-refractivity contribution is 0.0635. The van der Waals surface area contributed by atoms with Gasteiger partial charge in [-0.25, -0.2) is 9.78 Å². The third-order valence-corrected chi connectivity index (χ3v) is 3.77. The first kappa shape index (κ1) is 15.5. The molecule has 0 radical (unpaired) electrons. The van der Waals surface area contributed by atoms with Crippen LogP contribution in [-0.4, -0.2) is 40.6 Å². The van der Waals surface area contributed by atoms with Gasteiger partial charge in [0.2, 0.25) is 0 Å². The van der Waals surface area contributed by atoms with E-state index < -0.39 is 11.7 Å². The minimum atomic E-state index is -0.573. The summed E-state index contributed by atoms with van der Waals surface area (Å²) in [6.07, 6.45) is 3.33. The maximum absolute atomic E-state index is 12.3. The van der Waals surface area contributed by atoms with Crippen LogP contribution >= 0.6 is 11.3 Å². The molecule has 21 heavy (non-hydrogen) atoms. The number of hydrogen-bond donors (Lipinski definition) is 1. The molecule has 0 aliphatic carbocycles. The number of carbonyl (C=O) groups excluding carboxylic acids is 2. The lowest BCUT2D eigenvalue weighted by Crippen LogP contribution is -2.28. The molecule has 0 saturated heterocycles. The Bertz CT molecular complexity index is 579. The van der Waals surface area contributed by atoms with Gasteiger partial charge in [-0.05, 0) is 27.7 Å². The first-order valence-corrected chi connectivity index (χ1v) is 7.49. The summed E-state index contributed by atoms with van der Waals surface area (Å²) in [5.74, 6) is -0.0627. The Kier molecular flexibility index (Phi) is 4.32. The number of nitrogens with zero attached hydrogens (tertiary/aromatic N) is 2. The van der Waals surface area contributed by atoms with Crippen molar-refractivity contribution in [3.63, 3.8) is 0 Å². The van der Waals surface area contributed by atoms with Crippen molar-refractivity contribution in [2.45, 2.75) is 33.3 Å². The number of thiazole rings is 1. The maximum atomic E-state index is 12.3. The summed E-state index contributed by atoms with van der Waals surface area (Å²) in [4.78, 5) is 30.5. The summed E-state index contributed by atoms with van der Waals surface area (Å²) in [5.41, 5.74) is 0.0407. The largest absolute Gasteiger partial charge is 0.444 e. The van der Waals surface area contributed by atoms with Gasteiger partial charge in [-0.1, -0.05) is 23.5 Å². The van der Waals surface area contributed by atoms with Crippen LogP contribution in [0.4, 0.5) is 9.93 Å². The van der Waals surface area contributed by atoms with E-state index in [1.165, 1.54) is 11.3 Å². The summed E-state index contributed by atoms with van der Waals surface area (Å²) in [5, 5.41) is 2.94. The third-order valence-electron chi connectivity index (χ3n) is 2.70. The fourth-order valence-electron chi connectivity index (χ4n) is 1.83. The second-order valence-corrected chi connectivity index (χ2v) is 6.74. The van der Waals surface area contributed by atoms with Crippen molar-refractivity contribution < 1.29 is 14.3 Å². The Morgan fingerprint density at radius 1 is 1.33 bits per heavy atom. The number of aromatic nitrogens is 1. The second-order valence-electron chi connectivity index (χ2n) is 5.74. The van der Waals surface area contributed by atoms with Gasteiger partial charge in [0, 0.05) is 13.1 Å². The van der Waals surface area contributed by atoms with Crippen LogP contribution in [0, 0.1) is 6.92 Å². The van der Waals surface area contributed by atoms with E-state index >= 15 is 0 Å². The Morgan fingerprint density at radius 3 is 2.52 bits per heavy atom. The molecular weight excluding hydrogens is 290 g/mol. The van der Waals surface area contributed by atoms with E-state index in [0.29, 0.717) is 28.8 Å². The third kappa shape index (κ3) is 4.04. The average molecular weight is 309 g/mol. The summed E-state index contributed by atoms with van der Waals surface area (Å²) in [6, 6.07) is 0. The van der Waals surface area contributed by atoms with Crippen LogP contribution in [0.25, 0.3) is 0 Å². The van der Waals surface area contributed by atoms with Gasteiger partial charge in [-0.15, -0.1) is 0 Å². The topological polar surface area (TPSA) is 71.5 Å². The zero-order valence-corrected chi connectivity index (χ0v) is 13.4. The van der Waals surface area contributed by atoms with Crippen LogP contribution in [0.5, 0.6) is 0 Å². The summed E-state index contributed by atoms with van der Waals surface area (Å²) >= 11 is 1.17. The number of hydrogen-bond acceptors (Lipinski definition) is 5. The second kappa shape index (κ2) is 5.85. The molecule has 114 valence electrons. The predicted octanol–water partition coefficient (Wildman–Crippen LogP) is 2.81. The lowest BCUT2D eigenvalue weighted by atomic mass is 10.2. The van der Waals surface area contributed by atoms with Crippen LogP contribution in [0.15, 0.2) is 12.2 Å². The summed E-state index contributed by atoms with van der Waals surface area (Å²) in [6.45, 7) is 8.35. The lowest BCUT2D eigenvalue weighted by Gasteiger charge is -2.18. The fourth-order valence-corrected chi connectivity index (χ4v) is 2.75. The number of amides is 2. The molecule has 0 bridgehead atoms. The van der Waals surface area contributed by atoms with Crippen LogP contribution in [-0.2, 0) is 4.74 Å². The molecule has 1 N–H and O–H groups in total. The van der Waals surface area contributed by atoms with Gasteiger partial charge >= 0.3 is 6.09 Å². The first-order chi connectivity index (χ1) is 9.76. The van der Waals surface area contributed by atoms with E-state index in [-0.39, 0.29) is 5.91 Å². The van der Waals surface area contributed by atoms with Crippen molar-refractivity contribution in [1.29, 1.82) is 0 Å². The maximum Gasteiger partial charge on any atom is 0.413 e. The quantitative estimate of drug-likeness (QED) is 0.853. The predicted molar refractivity (Wildman–Crippen MR) is 81.8 cm³/mol. The zero-order chi connectivity index (χ0) is 15.6. The first-order valence-electron chi connectivity index (χ1n) is 6.68. The van der Waals surface area contributed by atoms with Gasteiger partial charge in [-0.3, -0.25) is 10.1 Å². The normalized spacial score (nSPS) is 14.4. The number of aryl methyl sites for hydroxylation is 1. The van der Waals surface area contributed by atoms with Crippen LogP contribution in [0.3, 0.4) is 0 Å². The highest BCUT2D eigenvalue weighted by molar-refractivity contribution is 7.17. The molecule has 6 nitrogen and oxygen atoms in total. The Balaban J connectivity index is 2.05. The number of carbonyl (C=O) groups is 2. The Labute approximate surface area is 127 Å². The van der Waals surface area contributed by atoms with Gasteiger partial charge in [0.05, 0.1) is 5.69 Å². The number of nitrogens with one attached hydrogen (secondary N) is 1. The number of anilines is 1. The average Bonchev–Trinajstić information content (AvgIpc) is 2.95. The van der Waals surface area contributed by atoms with Crippen molar-refractivity contribution in [3.05, 3.63) is 22.7 Å². The Hall–Kier alpha value is -1.89. The van der Waals surface area contributed by atoms with Gasteiger partial charge in [-0.2, -0.15) is 0 Å². The van der Waals surface area contributed by atoms with E-state index in [2.05, 4.69) is 10.3 Å². The van der Waals surface area contributed by atoms with Crippen LogP contribution in [0.1, 0.15) is 36.1 Å². The SMILES string of the molecule is Cc1nc(NC(=O)OC(C)(C)C)sc1C(=O)N1CC=CC1. The van der Waals surface area contributed by atoms with Gasteiger partial charge in [0.25, 0.3) is 5.91 Å².